The van der Waals surface area contributed by atoms with Crippen LogP contribution in [-0.2, 0) is 4.79 Å². The molecular formula is C14H22F3NO. The molecule has 1 fully saturated rings. The third-order valence-corrected chi connectivity index (χ3v) is 3.29. The van der Waals surface area contributed by atoms with Crippen molar-refractivity contribution in [1.82, 2.24) is 5.32 Å². The highest BCUT2D eigenvalue weighted by molar-refractivity contribution is 5.81. The largest absolute Gasteiger partial charge is 0.389 e. The van der Waals surface area contributed by atoms with Gasteiger partial charge >= 0.3 is 6.18 Å². The van der Waals surface area contributed by atoms with Gasteiger partial charge in [-0.3, -0.25) is 4.79 Å². The van der Waals surface area contributed by atoms with Crippen molar-refractivity contribution in [2.75, 3.05) is 0 Å². The molecule has 1 saturated carbocycles. The second-order valence-corrected chi connectivity index (χ2v) is 5.25. The Bertz CT molecular complexity index is 321. The summed E-state index contributed by atoms with van der Waals surface area (Å²) < 4.78 is 36.2. The number of hydrogen-bond acceptors (Lipinski definition) is 1. The van der Waals surface area contributed by atoms with Gasteiger partial charge in [-0.25, -0.2) is 0 Å². The molecule has 110 valence electrons. The van der Waals surface area contributed by atoms with Gasteiger partial charge in [-0.2, -0.15) is 13.2 Å². The second-order valence-electron chi connectivity index (χ2n) is 5.25. The standard InChI is InChI=1S/C14H22F3NO/c1-3-5-12(18-13(19)11-7-8-11)10(2)6-4-9-14(15,16)17/h11-12H,2-9H2,1H3,(H,18,19). The lowest BCUT2D eigenvalue weighted by Crippen LogP contribution is -2.37. The third-order valence-electron chi connectivity index (χ3n) is 3.29. The summed E-state index contributed by atoms with van der Waals surface area (Å²) in [5, 5.41) is 2.91. The number of rotatable bonds is 8. The summed E-state index contributed by atoms with van der Waals surface area (Å²) in [6.07, 6.45) is -1.09. The molecule has 0 aromatic carbocycles. The zero-order valence-electron chi connectivity index (χ0n) is 11.4. The average Bonchev–Trinajstić information content (AvgIpc) is 3.10. The Morgan fingerprint density at radius 2 is 2.05 bits per heavy atom. The molecule has 5 heteroatoms. The molecule has 0 aromatic heterocycles. The van der Waals surface area contributed by atoms with Crippen molar-refractivity contribution in [1.29, 1.82) is 0 Å². The SMILES string of the molecule is C=C(CCCC(F)(F)F)C(CCC)NC(=O)C1CC1. The maximum atomic E-state index is 12.1. The Morgan fingerprint density at radius 3 is 2.53 bits per heavy atom. The topological polar surface area (TPSA) is 29.1 Å². The molecule has 1 N–H and O–H groups in total. The first kappa shape index (κ1) is 16.1. The summed E-state index contributed by atoms with van der Waals surface area (Å²) in [4.78, 5) is 11.7. The van der Waals surface area contributed by atoms with E-state index < -0.39 is 12.6 Å². The van der Waals surface area contributed by atoms with Crippen LogP contribution in [0.1, 0.15) is 51.9 Å². The Labute approximate surface area is 112 Å². The van der Waals surface area contributed by atoms with Gasteiger partial charge in [0.15, 0.2) is 0 Å². The number of carbonyl (C=O) groups excluding carboxylic acids is 1. The fourth-order valence-corrected chi connectivity index (χ4v) is 1.99. The van der Waals surface area contributed by atoms with Crippen molar-refractivity contribution in [3.05, 3.63) is 12.2 Å². The van der Waals surface area contributed by atoms with E-state index in [2.05, 4.69) is 11.9 Å². The van der Waals surface area contributed by atoms with Crippen molar-refractivity contribution in [3.8, 4) is 0 Å². The van der Waals surface area contributed by atoms with Gasteiger partial charge < -0.3 is 5.32 Å². The molecule has 0 radical (unpaired) electrons. The van der Waals surface area contributed by atoms with E-state index in [1.807, 2.05) is 6.92 Å². The molecule has 19 heavy (non-hydrogen) atoms. The minimum atomic E-state index is -4.11. The summed E-state index contributed by atoms with van der Waals surface area (Å²) in [6, 6.07) is -0.175. The van der Waals surface area contributed by atoms with E-state index in [9.17, 15) is 18.0 Å². The van der Waals surface area contributed by atoms with Crippen LogP contribution < -0.4 is 5.32 Å². The fraction of sp³-hybridized carbons (Fsp3) is 0.786. The van der Waals surface area contributed by atoms with E-state index in [-0.39, 0.29) is 24.3 Å². The minimum absolute atomic E-state index is 0.0235. The van der Waals surface area contributed by atoms with Crippen LogP contribution in [0.25, 0.3) is 0 Å². The van der Waals surface area contributed by atoms with Gasteiger partial charge in [0.05, 0.1) is 0 Å². The van der Waals surface area contributed by atoms with Crippen LogP contribution >= 0.6 is 0 Å². The van der Waals surface area contributed by atoms with Crippen LogP contribution in [0.4, 0.5) is 13.2 Å². The number of hydrogen-bond donors (Lipinski definition) is 1. The lowest BCUT2D eigenvalue weighted by atomic mass is 9.98. The highest BCUT2D eigenvalue weighted by Crippen LogP contribution is 2.30. The highest BCUT2D eigenvalue weighted by atomic mass is 19.4. The maximum absolute atomic E-state index is 12.1. The van der Waals surface area contributed by atoms with E-state index >= 15 is 0 Å². The van der Waals surface area contributed by atoms with E-state index in [0.717, 1.165) is 25.7 Å². The molecule has 1 amide bonds. The maximum Gasteiger partial charge on any atom is 0.389 e. The Morgan fingerprint density at radius 1 is 1.42 bits per heavy atom. The lowest BCUT2D eigenvalue weighted by molar-refractivity contribution is -0.135. The van der Waals surface area contributed by atoms with E-state index in [0.29, 0.717) is 12.0 Å². The average molecular weight is 277 g/mol. The number of amides is 1. The lowest BCUT2D eigenvalue weighted by Gasteiger charge is -2.21. The molecule has 1 rings (SSSR count). The summed E-state index contributed by atoms with van der Waals surface area (Å²) in [6.45, 7) is 5.83. The van der Waals surface area contributed by atoms with Crippen molar-refractivity contribution in [2.45, 2.75) is 64.1 Å². The predicted molar refractivity (Wildman–Crippen MR) is 68.6 cm³/mol. The molecule has 0 saturated heterocycles. The van der Waals surface area contributed by atoms with Crippen molar-refractivity contribution in [2.24, 2.45) is 5.92 Å². The molecular weight excluding hydrogens is 255 g/mol. The van der Waals surface area contributed by atoms with E-state index in [1.165, 1.54) is 0 Å². The molecule has 0 bridgehead atoms. The van der Waals surface area contributed by atoms with Crippen LogP contribution in [0.2, 0.25) is 0 Å². The zero-order valence-corrected chi connectivity index (χ0v) is 11.4. The fourth-order valence-electron chi connectivity index (χ4n) is 1.99. The summed E-state index contributed by atoms with van der Waals surface area (Å²) >= 11 is 0. The molecule has 0 aromatic rings. The number of halogens is 3. The minimum Gasteiger partial charge on any atom is -0.349 e. The molecule has 2 nitrogen and oxygen atoms in total. The van der Waals surface area contributed by atoms with Gasteiger partial charge in [0.1, 0.15) is 0 Å². The number of alkyl halides is 3. The quantitative estimate of drug-likeness (QED) is 0.668. The molecule has 0 aliphatic heterocycles. The Kier molecular flexibility index (Phi) is 5.88. The van der Waals surface area contributed by atoms with Gasteiger partial charge in [-0.05, 0) is 32.1 Å². The van der Waals surface area contributed by atoms with Gasteiger partial charge in [-0.1, -0.05) is 25.5 Å². The molecule has 1 atom stereocenters. The summed E-state index contributed by atoms with van der Waals surface area (Å²) in [5.41, 5.74) is 0.708. The smallest absolute Gasteiger partial charge is 0.349 e. The van der Waals surface area contributed by atoms with Crippen LogP contribution in [0.5, 0.6) is 0 Å². The van der Waals surface area contributed by atoms with E-state index in [4.69, 9.17) is 0 Å². The molecule has 0 heterocycles. The van der Waals surface area contributed by atoms with Gasteiger partial charge in [0.2, 0.25) is 5.91 Å². The van der Waals surface area contributed by atoms with Gasteiger partial charge in [0.25, 0.3) is 0 Å². The Hall–Kier alpha value is -1.00. The van der Waals surface area contributed by atoms with Crippen molar-refractivity contribution in [3.63, 3.8) is 0 Å². The number of carbonyl (C=O) groups is 1. The first-order chi connectivity index (χ1) is 8.83. The highest BCUT2D eigenvalue weighted by Gasteiger charge is 2.31. The molecule has 0 spiro atoms. The van der Waals surface area contributed by atoms with Crippen LogP contribution in [0, 0.1) is 5.92 Å². The van der Waals surface area contributed by atoms with Gasteiger partial charge in [-0.15, -0.1) is 0 Å². The van der Waals surface area contributed by atoms with Gasteiger partial charge in [0, 0.05) is 18.4 Å². The first-order valence-corrected chi connectivity index (χ1v) is 6.88. The molecule has 1 aliphatic rings. The number of nitrogens with one attached hydrogen (secondary N) is 1. The normalized spacial score (nSPS) is 17.1. The van der Waals surface area contributed by atoms with Crippen molar-refractivity contribution >= 4 is 5.91 Å². The predicted octanol–water partition coefficient (Wildman–Crippen LogP) is 3.97. The van der Waals surface area contributed by atoms with E-state index in [1.54, 1.807) is 0 Å². The second kappa shape index (κ2) is 6.96. The summed E-state index contributed by atoms with van der Waals surface area (Å²) in [5.74, 6) is 0.137. The zero-order chi connectivity index (χ0) is 14.5. The van der Waals surface area contributed by atoms with Crippen LogP contribution in [0.3, 0.4) is 0 Å². The Balaban J connectivity index is 2.36. The van der Waals surface area contributed by atoms with Crippen LogP contribution in [-0.4, -0.2) is 18.1 Å². The van der Waals surface area contributed by atoms with Crippen molar-refractivity contribution < 1.29 is 18.0 Å². The summed E-state index contributed by atoms with van der Waals surface area (Å²) in [7, 11) is 0. The monoisotopic (exact) mass is 277 g/mol. The first-order valence-electron chi connectivity index (χ1n) is 6.88. The molecule has 1 aliphatic carbocycles. The van der Waals surface area contributed by atoms with Crippen LogP contribution in [0.15, 0.2) is 12.2 Å². The third kappa shape index (κ3) is 6.64. The molecule has 1 unspecified atom stereocenters.